The lowest BCUT2D eigenvalue weighted by Gasteiger charge is -1.98. The highest BCUT2D eigenvalue weighted by Crippen LogP contribution is 2.61. The summed E-state index contributed by atoms with van der Waals surface area (Å²) in [5.41, 5.74) is 15.8. The van der Waals surface area contributed by atoms with Crippen LogP contribution in [-0.4, -0.2) is 120 Å². The minimum atomic E-state index is -3.22. The maximum Gasteiger partial charge on any atom is 0.339 e. The number of hydrogen-bond donors (Lipinski definition) is 3. The minimum Gasteiger partial charge on any atom is -0.447 e. The van der Waals surface area contributed by atoms with E-state index in [1.807, 2.05) is 41.5 Å². The number of aromatic nitrogens is 4. The van der Waals surface area contributed by atoms with Crippen molar-refractivity contribution in [3.63, 3.8) is 0 Å². The van der Waals surface area contributed by atoms with Crippen LogP contribution in [0.25, 0.3) is 6.08 Å². The maximum absolute atomic E-state index is 10.6. The molecule has 1 aliphatic heterocycles. The number of allylic oxidation sites excluding steroid dienone is 3. The van der Waals surface area contributed by atoms with Crippen LogP contribution >= 0.6 is 148 Å². The lowest BCUT2D eigenvalue weighted by Crippen LogP contribution is -2.29. The maximum atomic E-state index is 10.6. The number of rotatable bonds is 23. The number of hydrogen-bond acceptors (Lipinski definition) is 19. The number of nitrogens with zero attached hydrogens (tertiary/aromatic N) is 5. The standard InChI is InChI=1S/C7H10ClN.C7H9NO.C6H10ClNO2.2C6H8ClNO.C6H7NO2.C5H10.C4H7BrO.C4H9NO.C3H4Cl2O.C3H5NO.C2H2Cl2O.Cl3OP/c1-2-6-3-4-7(5-8)9-6;1-3-6-5-9-7(4-2)8-6;1-2-5(9)4-8-6(10)3-7;1-2-5-4-9-6(3-7)8-5;1-2-5-4-8-6(3-7)9-5;1-2-5-4-9-6(3-8)7-5;1-4-5(2)3;2*1-2-4(6)3-5;4-1-3(6)2-5;1-2-3(4)5;3-1-2(4)5;1-5(2,3)4/h4H,2-3,5H2,1H3;4-5H,2-3H2,1H3;2-4H2,1H3,(H,8,10);2*4H,2-3H2,1H3;3-4H,2H2,1H3;2,4H2,1,3H3;2-3H2,1H3;2-3,5H2,1H3;1-2H2;2H,1H2,(H2,4,5);1H2;. The largest absolute Gasteiger partial charge is 0.447 e. The SMILES string of the molecule is C=C(C)CC.C=CC(N)=O.C=Cc1nc(CC)co1.CCC(=O)CBr.CCC(=O)CN.CCC(=O)CNC(=O)CCl.CCC1=NC(CCl)=CC1.CCc1cnc(CCl)o1.CCc1coc(C=O)n1.CCc1coc(CCl)n1.O=C(CCl)CCl.O=C(Cl)CCl.O=P(Cl)(Cl)Cl. The zero-order valence-corrected chi connectivity index (χ0v) is 64.9. The van der Waals surface area contributed by atoms with Gasteiger partial charge in [-0.05, 0) is 96.5 Å². The molecular formula is C59H89BrCl11N8O13P. The third kappa shape index (κ3) is 84.3. The Morgan fingerprint density at radius 2 is 1.10 bits per heavy atom. The average molecular weight is 1620 g/mol. The van der Waals surface area contributed by atoms with Crippen molar-refractivity contribution in [2.24, 2.45) is 16.5 Å². The Hall–Kier alpha value is -3.71. The molecule has 5 N–H and O–H groups in total. The molecule has 0 aliphatic carbocycles. The van der Waals surface area contributed by atoms with E-state index in [0.717, 1.165) is 79.6 Å². The first-order valence-corrected chi connectivity index (χ1v) is 37.5. The molecule has 0 radical (unpaired) electrons. The number of carbonyl (C=O) groups is 8. The zero-order chi connectivity index (χ0) is 73.8. The van der Waals surface area contributed by atoms with E-state index >= 15 is 0 Å². The highest BCUT2D eigenvalue weighted by atomic mass is 79.9. The molecule has 21 nitrogen and oxygen atoms in total. The second kappa shape index (κ2) is 75.7. The lowest BCUT2D eigenvalue weighted by molar-refractivity contribution is -0.123. The number of aldehydes is 1. The van der Waals surface area contributed by atoms with Crippen molar-refractivity contribution in [1.82, 2.24) is 25.3 Å². The quantitative estimate of drug-likeness (QED) is 0.0155. The van der Waals surface area contributed by atoms with Gasteiger partial charge in [0.05, 0.1) is 82.7 Å². The number of alkyl halides is 8. The molecule has 2 amide bonds. The van der Waals surface area contributed by atoms with Gasteiger partial charge < -0.3 is 34.5 Å². The smallest absolute Gasteiger partial charge is 0.339 e. The third-order valence-electron chi connectivity index (χ3n) is 9.07. The molecule has 0 spiro atoms. The first-order chi connectivity index (χ1) is 43.8. The van der Waals surface area contributed by atoms with Crippen LogP contribution in [0.5, 0.6) is 0 Å². The van der Waals surface area contributed by atoms with E-state index in [2.05, 4.69) is 125 Å². The summed E-state index contributed by atoms with van der Waals surface area (Å²) in [6.07, 6.45) is 20.2. The normalized spacial score (nSPS) is 9.84. The monoisotopic (exact) mass is 1610 g/mol. The Kier molecular flexibility index (Phi) is 85.7. The van der Waals surface area contributed by atoms with Crippen molar-refractivity contribution in [2.75, 3.05) is 47.8 Å². The number of oxazole rings is 4. The number of carbonyl (C=O) groups excluding carboxylic acids is 8. The Morgan fingerprint density at radius 1 is 0.656 bits per heavy atom. The van der Waals surface area contributed by atoms with Gasteiger partial charge in [-0.25, -0.2) is 19.9 Å². The van der Waals surface area contributed by atoms with Crippen LogP contribution in [0.1, 0.15) is 159 Å². The topological polar surface area (TPSA) is 334 Å². The number of aryl methyl sites for hydroxylation is 4. The van der Waals surface area contributed by atoms with Crippen molar-refractivity contribution in [3.05, 3.63) is 115 Å². The highest BCUT2D eigenvalue weighted by molar-refractivity contribution is 9.09. The van der Waals surface area contributed by atoms with Crippen LogP contribution in [0.15, 0.2) is 90.8 Å². The predicted molar refractivity (Wildman–Crippen MR) is 389 cm³/mol. The summed E-state index contributed by atoms with van der Waals surface area (Å²) < 4.78 is 29.3. The van der Waals surface area contributed by atoms with Gasteiger partial charge in [-0.3, -0.25) is 47.9 Å². The molecule has 0 atom stereocenters. The second-order valence-corrected chi connectivity index (χ2v) is 25.9. The van der Waals surface area contributed by atoms with Crippen LogP contribution in [0, 0.1) is 0 Å². The van der Waals surface area contributed by atoms with Crippen molar-refractivity contribution >= 4 is 206 Å². The number of nitrogens with two attached hydrogens (primary N) is 2. The number of amides is 2. The van der Waals surface area contributed by atoms with Gasteiger partial charge in [0.1, 0.15) is 42.0 Å². The predicted octanol–water partition coefficient (Wildman–Crippen LogP) is 17.3. The minimum absolute atomic E-state index is 0.0125. The fourth-order valence-electron chi connectivity index (χ4n) is 3.75. The van der Waals surface area contributed by atoms with Crippen LogP contribution in [0.3, 0.4) is 0 Å². The van der Waals surface area contributed by atoms with Gasteiger partial charge in [0.25, 0.3) is 5.89 Å². The molecular weight excluding hydrogens is 1530 g/mol. The molecule has 532 valence electrons. The summed E-state index contributed by atoms with van der Waals surface area (Å²) in [6.45, 7) is 30.2. The summed E-state index contributed by atoms with van der Waals surface area (Å²) in [5, 5.41) is -0.864. The van der Waals surface area contributed by atoms with Crippen molar-refractivity contribution < 1.29 is 60.6 Å². The summed E-state index contributed by atoms with van der Waals surface area (Å²) in [4.78, 5) is 100. The Labute approximate surface area is 610 Å². The van der Waals surface area contributed by atoms with E-state index in [1.165, 1.54) is 17.5 Å². The van der Waals surface area contributed by atoms with Gasteiger partial charge in [-0.1, -0.05) is 103 Å². The summed E-state index contributed by atoms with van der Waals surface area (Å²) in [7, 11) is 0. The molecule has 0 saturated heterocycles. The fourth-order valence-corrected chi connectivity index (χ4v) is 4.94. The van der Waals surface area contributed by atoms with Gasteiger partial charge in [0.15, 0.2) is 11.6 Å². The van der Waals surface area contributed by atoms with Gasteiger partial charge in [-0.2, -0.15) is 0 Å². The van der Waals surface area contributed by atoms with E-state index in [-0.39, 0.29) is 71.5 Å². The molecule has 4 aromatic rings. The van der Waals surface area contributed by atoms with Crippen LogP contribution in [0.4, 0.5) is 0 Å². The number of aliphatic imine (C=N–C) groups is 1. The Balaban J connectivity index is -0.000000141. The van der Waals surface area contributed by atoms with E-state index < -0.39 is 16.3 Å². The van der Waals surface area contributed by atoms with Crippen molar-refractivity contribution in [3.8, 4) is 0 Å². The van der Waals surface area contributed by atoms with Gasteiger partial charge >= 0.3 is 5.20 Å². The third-order valence-corrected chi connectivity index (χ3v) is 11.8. The summed E-state index contributed by atoms with van der Waals surface area (Å²) in [6, 6.07) is 0. The molecule has 0 unspecified atom stereocenters. The van der Waals surface area contributed by atoms with E-state index in [0.29, 0.717) is 66.2 Å². The van der Waals surface area contributed by atoms with Crippen LogP contribution < -0.4 is 16.8 Å². The fraction of sp³-hybridized carbons (Fsp3) is 0.508. The van der Waals surface area contributed by atoms with E-state index in [4.69, 9.17) is 116 Å². The Morgan fingerprint density at radius 3 is 1.29 bits per heavy atom. The van der Waals surface area contributed by atoms with Crippen LogP contribution in [0.2, 0.25) is 0 Å². The summed E-state index contributed by atoms with van der Waals surface area (Å²) >= 11 is 58.0. The van der Waals surface area contributed by atoms with E-state index in [9.17, 15) is 42.9 Å². The highest BCUT2D eigenvalue weighted by Gasteiger charge is 2.05. The lowest BCUT2D eigenvalue weighted by atomic mass is 10.2. The average Bonchev–Trinajstić information content (AvgIpc) is 3.21. The number of nitrogens with one attached hydrogen (secondary N) is 1. The molecule has 0 fully saturated rings. The van der Waals surface area contributed by atoms with E-state index in [1.54, 1.807) is 38.6 Å². The van der Waals surface area contributed by atoms with Crippen LogP contribution in [-0.2, 0) is 75.6 Å². The summed E-state index contributed by atoms with van der Waals surface area (Å²) in [5.74, 6) is 3.51. The molecule has 5 heterocycles. The first kappa shape index (κ1) is 105. The number of Topliss-reactive ketones (excluding diaryl/α,β-unsaturated/α-hetero) is 4. The zero-order valence-electron chi connectivity index (χ0n) is 54.1. The second-order valence-electron chi connectivity index (χ2n) is 16.4. The first-order valence-electron chi connectivity index (χ1n) is 27.8. The molecule has 1 aliphatic rings. The van der Waals surface area contributed by atoms with Gasteiger partial charge in [0.2, 0.25) is 41.0 Å². The van der Waals surface area contributed by atoms with Crippen molar-refractivity contribution in [1.29, 1.82) is 0 Å². The molecule has 0 aromatic carbocycles. The molecule has 5 rings (SSSR count). The molecule has 4 aromatic heterocycles. The molecule has 93 heavy (non-hydrogen) atoms. The van der Waals surface area contributed by atoms with Gasteiger partial charge in [-0.15, -0.1) is 87.8 Å². The molecule has 0 bridgehead atoms. The molecule has 34 heteroatoms. The van der Waals surface area contributed by atoms with Gasteiger partial charge in [0, 0.05) is 37.8 Å². The Bertz CT molecular complexity index is 2520. The number of ketones is 4. The van der Waals surface area contributed by atoms with Crippen molar-refractivity contribution in [2.45, 2.75) is 145 Å². The molecule has 0 saturated carbocycles. The number of primary amides is 1. The number of halogens is 12.